The van der Waals surface area contributed by atoms with E-state index in [0.29, 0.717) is 5.11 Å². The number of hydrogen-bond donors (Lipinski definition) is 2. The lowest BCUT2D eigenvalue weighted by atomic mass is 10.1. The van der Waals surface area contributed by atoms with E-state index in [1.54, 1.807) is 0 Å². The Morgan fingerprint density at radius 2 is 1.94 bits per heavy atom. The standard InChI is InChI=1S/C14H22N2OS/c1-3-17-10-4-9-15-14(18)16-11-13-7-5-12(2)6-8-13/h5-8H,3-4,9-11H2,1-2H3,(H2,15,16,18). The van der Waals surface area contributed by atoms with Crippen LogP contribution in [0.1, 0.15) is 24.5 Å². The molecular formula is C14H22N2OS. The fourth-order valence-electron chi connectivity index (χ4n) is 1.47. The highest BCUT2D eigenvalue weighted by Crippen LogP contribution is 2.02. The van der Waals surface area contributed by atoms with Gasteiger partial charge in [-0.25, -0.2) is 0 Å². The summed E-state index contributed by atoms with van der Waals surface area (Å²) in [5, 5.41) is 7.05. The number of benzene rings is 1. The highest BCUT2D eigenvalue weighted by Gasteiger charge is 1.96. The predicted molar refractivity (Wildman–Crippen MR) is 79.7 cm³/mol. The van der Waals surface area contributed by atoms with E-state index in [1.165, 1.54) is 11.1 Å². The molecule has 0 radical (unpaired) electrons. The molecule has 0 aromatic heterocycles. The molecule has 1 aromatic carbocycles. The number of ether oxygens (including phenoxy) is 1. The van der Waals surface area contributed by atoms with Crippen LogP contribution in [0.4, 0.5) is 0 Å². The summed E-state index contributed by atoms with van der Waals surface area (Å²) in [5.74, 6) is 0. The summed E-state index contributed by atoms with van der Waals surface area (Å²) in [7, 11) is 0. The van der Waals surface area contributed by atoms with Crippen LogP contribution in [0.3, 0.4) is 0 Å². The lowest BCUT2D eigenvalue weighted by Gasteiger charge is -2.10. The van der Waals surface area contributed by atoms with Crippen molar-refractivity contribution in [1.82, 2.24) is 10.6 Å². The van der Waals surface area contributed by atoms with Crippen LogP contribution in [-0.2, 0) is 11.3 Å². The molecule has 0 heterocycles. The van der Waals surface area contributed by atoms with Crippen molar-refractivity contribution < 1.29 is 4.74 Å². The van der Waals surface area contributed by atoms with Crippen LogP contribution < -0.4 is 10.6 Å². The van der Waals surface area contributed by atoms with Gasteiger partial charge < -0.3 is 15.4 Å². The second-order valence-electron chi connectivity index (χ2n) is 4.15. The molecule has 0 saturated heterocycles. The van der Waals surface area contributed by atoms with E-state index in [4.69, 9.17) is 17.0 Å². The Labute approximate surface area is 115 Å². The first-order valence-electron chi connectivity index (χ1n) is 6.37. The third-order valence-corrected chi connectivity index (χ3v) is 2.82. The van der Waals surface area contributed by atoms with Gasteiger partial charge in [-0.1, -0.05) is 29.8 Å². The average molecular weight is 266 g/mol. The Hall–Kier alpha value is -1.13. The van der Waals surface area contributed by atoms with Crippen molar-refractivity contribution in [3.05, 3.63) is 35.4 Å². The van der Waals surface area contributed by atoms with Gasteiger partial charge in [0.05, 0.1) is 0 Å². The first-order chi connectivity index (χ1) is 8.72. The molecule has 0 aliphatic rings. The average Bonchev–Trinajstić information content (AvgIpc) is 2.38. The highest BCUT2D eigenvalue weighted by atomic mass is 32.1. The monoisotopic (exact) mass is 266 g/mol. The number of thiocarbonyl (C=S) groups is 1. The number of rotatable bonds is 7. The Balaban J connectivity index is 2.11. The molecule has 0 spiro atoms. The second-order valence-corrected chi connectivity index (χ2v) is 4.55. The summed E-state index contributed by atoms with van der Waals surface area (Å²) in [6.07, 6.45) is 0.972. The molecular weight excluding hydrogens is 244 g/mol. The maximum atomic E-state index is 5.25. The molecule has 3 nitrogen and oxygen atoms in total. The summed E-state index contributed by atoms with van der Waals surface area (Å²) in [6, 6.07) is 8.44. The number of aryl methyl sites for hydroxylation is 1. The molecule has 0 aliphatic carbocycles. The first-order valence-corrected chi connectivity index (χ1v) is 6.78. The normalized spacial score (nSPS) is 10.1. The van der Waals surface area contributed by atoms with Crippen LogP contribution in [0.15, 0.2) is 24.3 Å². The van der Waals surface area contributed by atoms with Crippen LogP contribution in [0.5, 0.6) is 0 Å². The van der Waals surface area contributed by atoms with E-state index < -0.39 is 0 Å². The lowest BCUT2D eigenvalue weighted by Crippen LogP contribution is -2.35. The zero-order valence-corrected chi connectivity index (χ0v) is 12.0. The molecule has 4 heteroatoms. The molecule has 0 bridgehead atoms. The van der Waals surface area contributed by atoms with E-state index in [1.807, 2.05) is 6.92 Å². The van der Waals surface area contributed by atoms with Crippen LogP contribution in [0, 0.1) is 6.92 Å². The fraction of sp³-hybridized carbons (Fsp3) is 0.500. The predicted octanol–water partition coefficient (Wildman–Crippen LogP) is 2.39. The molecule has 0 aliphatic heterocycles. The van der Waals surface area contributed by atoms with Gasteiger partial charge in [0, 0.05) is 26.3 Å². The van der Waals surface area contributed by atoms with E-state index in [9.17, 15) is 0 Å². The summed E-state index contributed by atoms with van der Waals surface area (Å²) in [6.45, 7) is 7.25. The zero-order chi connectivity index (χ0) is 13.2. The van der Waals surface area contributed by atoms with Crippen LogP contribution in [0.2, 0.25) is 0 Å². The Morgan fingerprint density at radius 1 is 1.22 bits per heavy atom. The van der Waals surface area contributed by atoms with Gasteiger partial charge in [0.1, 0.15) is 0 Å². The van der Waals surface area contributed by atoms with E-state index in [0.717, 1.165) is 32.7 Å². The zero-order valence-electron chi connectivity index (χ0n) is 11.2. The van der Waals surface area contributed by atoms with Gasteiger partial charge in [0.2, 0.25) is 0 Å². The maximum Gasteiger partial charge on any atom is 0.166 e. The van der Waals surface area contributed by atoms with Crippen molar-refractivity contribution in [2.75, 3.05) is 19.8 Å². The van der Waals surface area contributed by atoms with E-state index >= 15 is 0 Å². The highest BCUT2D eigenvalue weighted by molar-refractivity contribution is 7.80. The van der Waals surface area contributed by atoms with Crippen LogP contribution >= 0.6 is 12.2 Å². The number of nitrogens with one attached hydrogen (secondary N) is 2. The Morgan fingerprint density at radius 3 is 2.61 bits per heavy atom. The molecule has 18 heavy (non-hydrogen) atoms. The SMILES string of the molecule is CCOCCCNC(=S)NCc1ccc(C)cc1. The van der Waals surface area contributed by atoms with E-state index in [-0.39, 0.29) is 0 Å². The largest absolute Gasteiger partial charge is 0.382 e. The molecule has 0 amide bonds. The molecule has 0 fully saturated rings. The lowest BCUT2D eigenvalue weighted by molar-refractivity contribution is 0.145. The second kappa shape index (κ2) is 8.89. The molecule has 2 N–H and O–H groups in total. The minimum atomic E-state index is 0.701. The molecule has 0 saturated carbocycles. The fourth-order valence-corrected chi connectivity index (χ4v) is 1.65. The smallest absolute Gasteiger partial charge is 0.166 e. The molecule has 1 rings (SSSR count). The van der Waals surface area contributed by atoms with Crippen molar-refractivity contribution >= 4 is 17.3 Å². The van der Waals surface area contributed by atoms with Crippen LogP contribution in [-0.4, -0.2) is 24.9 Å². The van der Waals surface area contributed by atoms with Gasteiger partial charge in [-0.3, -0.25) is 0 Å². The van der Waals surface area contributed by atoms with Crippen molar-refractivity contribution in [2.24, 2.45) is 0 Å². The molecule has 1 aromatic rings. The summed E-state index contributed by atoms with van der Waals surface area (Å²) in [5.41, 5.74) is 2.51. The van der Waals surface area contributed by atoms with Gasteiger partial charge in [0.15, 0.2) is 5.11 Å². The molecule has 100 valence electrons. The van der Waals surface area contributed by atoms with E-state index in [2.05, 4.69) is 41.8 Å². The minimum absolute atomic E-state index is 0.701. The Bertz CT molecular complexity index is 351. The maximum absolute atomic E-state index is 5.25. The minimum Gasteiger partial charge on any atom is -0.382 e. The first kappa shape index (κ1) is 14.9. The summed E-state index contributed by atoms with van der Waals surface area (Å²) in [4.78, 5) is 0. The third-order valence-electron chi connectivity index (χ3n) is 2.53. The van der Waals surface area contributed by atoms with Gasteiger partial charge in [-0.05, 0) is 38.0 Å². The van der Waals surface area contributed by atoms with Crippen molar-refractivity contribution in [3.8, 4) is 0 Å². The molecule has 0 atom stereocenters. The van der Waals surface area contributed by atoms with Gasteiger partial charge >= 0.3 is 0 Å². The van der Waals surface area contributed by atoms with Gasteiger partial charge in [0.25, 0.3) is 0 Å². The number of hydrogen-bond acceptors (Lipinski definition) is 2. The third kappa shape index (κ3) is 6.57. The Kier molecular flexibility index (Phi) is 7.37. The summed E-state index contributed by atoms with van der Waals surface area (Å²) < 4.78 is 5.25. The topological polar surface area (TPSA) is 33.3 Å². The van der Waals surface area contributed by atoms with Crippen molar-refractivity contribution in [3.63, 3.8) is 0 Å². The summed E-state index contributed by atoms with van der Waals surface area (Å²) >= 11 is 5.19. The van der Waals surface area contributed by atoms with Gasteiger partial charge in [-0.15, -0.1) is 0 Å². The van der Waals surface area contributed by atoms with Crippen molar-refractivity contribution in [2.45, 2.75) is 26.8 Å². The van der Waals surface area contributed by atoms with Gasteiger partial charge in [-0.2, -0.15) is 0 Å². The molecule has 0 unspecified atom stereocenters. The quantitative estimate of drug-likeness (QED) is 0.586. The van der Waals surface area contributed by atoms with Crippen molar-refractivity contribution in [1.29, 1.82) is 0 Å². The van der Waals surface area contributed by atoms with Crippen LogP contribution in [0.25, 0.3) is 0 Å².